The number of nitrogens with two attached hydrogens (primary N) is 1. The molecule has 1 saturated carbocycles. The number of nitrogens with zero attached hydrogens (tertiary/aromatic N) is 1. The maximum atomic E-state index is 6.49. The third-order valence-electron chi connectivity index (χ3n) is 4.46. The summed E-state index contributed by atoms with van der Waals surface area (Å²) in [6.07, 6.45) is 9.01. The largest absolute Gasteiger partial charge is 0.326 e. The molecule has 0 aromatic rings. The maximum Gasteiger partial charge on any atom is 0.0356 e. The molecule has 1 rings (SSSR count). The highest BCUT2D eigenvalue weighted by Crippen LogP contribution is 2.38. The van der Waals surface area contributed by atoms with Gasteiger partial charge in [-0.1, -0.05) is 39.5 Å². The monoisotopic (exact) mass is 226 g/mol. The predicted octanol–water partition coefficient (Wildman–Crippen LogP) is 3.01. The summed E-state index contributed by atoms with van der Waals surface area (Å²) in [5.74, 6) is 0.837. The number of likely N-dealkylation sites (N-methyl/N-ethyl adjacent to an activating group) is 1. The molecule has 0 aromatic carbocycles. The Labute approximate surface area is 102 Å². The van der Waals surface area contributed by atoms with Crippen LogP contribution < -0.4 is 5.73 Å². The Balaban J connectivity index is 2.70. The molecule has 0 bridgehead atoms. The number of unbranched alkanes of at least 4 members (excludes halogenated alkanes) is 1. The first-order valence-corrected chi connectivity index (χ1v) is 6.96. The molecule has 0 aliphatic heterocycles. The molecule has 1 fully saturated rings. The Morgan fingerprint density at radius 2 is 2.12 bits per heavy atom. The van der Waals surface area contributed by atoms with Crippen LogP contribution in [0.2, 0.25) is 0 Å². The Hall–Kier alpha value is -0.0800. The van der Waals surface area contributed by atoms with Crippen LogP contribution in [0.5, 0.6) is 0 Å². The van der Waals surface area contributed by atoms with Gasteiger partial charge in [0, 0.05) is 11.6 Å². The normalized spacial score (nSPS) is 33.0. The van der Waals surface area contributed by atoms with Crippen LogP contribution in [0, 0.1) is 5.92 Å². The second kappa shape index (κ2) is 6.02. The number of rotatable bonds is 5. The van der Waals surface area contributed by atoms with Gasteiger partial charge in [-0.2, -0.15) is 0 Å². The van der Waals surface area contributed by atoms with E-state index in [0.717, 1.165) is 5.92 Å². The van der Waals surface area contributed by atoms with Gasteiger partial charge in [0.2, 0.25) is 0 Å². The van der Waals surface area contributed by atoms with Crippen molar-refractivity contribution in [1.82, 2.24) is 4.90 Å². The van der Waals surface area contributed by atoms with Crippen molar-refractivity contribution in [3.05, 3.63) is 0 Å². The lowest BCUT2D eigenvalue weighted by molar-refractivity contribution is 0.0470. The summed E-state index contributed by atoms with van der Waals surface area (Å²) in [4.78, 5) is 2.41. The van der Waals surface area contributed by atoms with Crippen LogP contribution >= 0.6 is 0 Å². The fourth-order valence-electron chi connectivity index (χ4n) is 3.33. The minimum absolute atomic E-state index is 0.271. The van der Waals surface area contributed by atoms with Gasteiger partial charge in [-0.3, -0.25) is 0 Å². The topological polar surface area (TPSA) is 29.3 Å². The summed E-state index contributed by atoms with van der Waals surface area (Å²) in [6, 6.07) is 0.352. The highest BCUT2D eigenvalue weighted by Gasteiger charge is 2.41. The minimum atomic E-state index is 0.271. The standard InChI is InChI=1S/C14H30N2/c1-5-6-9-13(15)14(16(3)4)10-7-8-12(2)11-14/h12-13H,5-11,15H2,1-4H3. The SMILES string of the molecule is CCCCC(N)C1(N(C)C)CCCC(C)C1. The molecule has 16 heavy (non-hydrogen) atoms. The molecule has 2 nitrogen and oxygen atoms in total. The van der Waals surface area contributed by atoms with Crippen molar-refractivity contribution in [1.29, 1.82) is 0 Å². The van der Waals surface area contributed by atoms with Gasteiger partial charge < -0.3 is 10.6 Å². The maximum absolute atomic E-state index is 6.49. The molecule has 0 amide bonds. The average molecular weight is 226 g/mol. The molecule has 2 heteroatoms. The molecule has 96 valence electrons. The Bertz CT molecular complexity index is 203. The first kappa shape index (κ1) is 14.0. The molecule has 0 aromatic heterocycles. The fraction of sp³-hybridized carbons (Fsp3) is 1.00. The zero-order valence-corrected chi connectivity index (χ0v) is 11.6. The van der Waals surface area contributed by atoms with E-state index in [0.29, 0.717) is 6.04 Å². The summed E-state index contributed by atoms with van der Waals surface area (Å²) < 4.78 is 0. The van der Waals surface area contributed by atoms with Crippen molar-refractivity contribution in [3.8, 4) is 0 Å². The smallest absolute Gasteiger partial charge is 0.0356 e. The van der Waals surface area contributed by atoms with Gasteiger partial charge in [-0.15, -0.1) is 0 Å². The Morgan fingerprint density at radius 3 is 2.62 bits per heavy atom. The molecule has 3 unspecified atom stereocenters. The van der Waals surface area contributed by atoms with E-state index in [1.165, 1.54) is 44.9 Å². The van der Waals surface area contributed by atoms with E-state index in [1.807, 2.05) is 0 Å². The van der Waals surface area contributed by atoms with Crippen LogP contribution in [0.25, 0.3) is 0 Å². The molecule has 1 aliphatic rings. The van der Waals surface area contributed by atoms with Gasteiger partial charge in [0.05, 0.1) is 0 Å². The van der Waals surface area contributed by atoms with Crippen LogP contribution in [0.15, 0.2) is 0 Å². The number of hydrogen-bond acceptors (Lipinski definition) is 2. The molecule has 2 N–H and O–H groups in total. The van der Waals surface area contributed by atoms with E-state index in [1.54, 1.807) is 0 Å². The van der Waals surface area contributed by atoms with Crippen molar-refractivity contribution in [3.63, 3.8) is 0 Å². The zero-order chi connectivity index (χ0) is 12.2. The van der Waals surface area contributed by atoms with Crippen LogP contribution in [-0.2, 0) is 0 Å². The summed E-state index contributed by atoms with van der Waals surface area (Å²) >= 11 is 0. The van der Waals surface area contributed by atoms with Gasteiger partial charge in [-0.25, -0.2) is 0 Å². The van der Waals surface area contributed by atoms with Gasteiger partial charge in [0.15, 0.2) is 0 Å². The Kier molecular flexibility index (Phi) is 5.26. The highest BCUT2D eigenvalue weighted by atomic mass is 15.2. The first-order valence-electron chi connectivity index (χ1n) is 6.96. The molecule has 3 atom stereocenters. The molecule has 0 radical (unpaired) electrons. The zero-order valence-electron chi connectivity index (χ0n) is 11.6. The van der Waals surface area contributed by atoms with E-state index < -0.39 is 0 Å². The average Bonchev–Trinajstić information content (AvgIpc) is 2.25. The van der Waals surface area contributed by atoms with E-state index in [9.17, 15) is 0 Å². The van der Waals surface area contributed by atoms with Gasteiger partial charge in [-0.05, 0) is 39.3 Å². The van der Waals surface area contributed by atoms with Crippen molar-refractivity contribution in [2.45, 2.75) is 70.4 Å². The van der Waals surface area contributed by atoms with E-state index >= 15 is 0 Å². The van der Waals surface area contributed by atoms with Gasteiger partial charge in [0.1, 0.15) is 0 Å². The van der Waals surface area contributed by atoms with Crippen LogP contribution in [0.4, 0.5) is 0 Å². The van der Waals surface area contributed by atoms with Crippen LogP contribution in [0.1, 0.15) is 58.8 Å². The molecule has 0 saturated heterocycles. The van der Waals surface area contributed by atoms with Gasteiger partial charge in [0.25, 0.3) is 0 Å². The van der Waals surface area contributed by atoms with Crippen molar-refractivity contribution in [2.24, 2.45) is 11.7 Å². The second-order valence-corrected chi connectivity index (χ2v) is 5.95. The molecule has 0 heterocycles. The van der Waals surface area contributed by atoms with Crippen LogP contribution in [0.3, 0.4) is 0 Å². The molecule has 1 aliphatic carbocycles. The third-order valence-corrected chi connectivity index (χ3v) is 4.46. The third kappa shape index (κ3) is 2.98. The molecular formula is C14H30N2. The van der Waals surface area contributed by atoms with Gasteiger partial charge >= 0.3 is 0 Å². The van der Waals surface area contributed by atoms with Crippen molar-refractivity contribution < 1.29 is 0 Å². The van der Waals surface area contributed by atoms with E-state index in [-0.39, 0.29) is 5.54 Å². The highest BCUT2D eigenvalue weighted by molar-refractivity contribution is 5.00. The lowest BCUT2D eigenvalue weighted by Crippen LogP contribution is -2.59. The van der Waals surface area contributed by atoms with Crippen LogP contribution in [-0.4, -0.2) is 30.6 Å². The quantitative estimate of drug-likeness (QED) is 0.781. The minimum Gasteiger partial charge on any atom is -0.326 e. The van der Waals surface area contributed by atoms with E-state index in [4.69, 9.17) is 5.73 Å². The lowest BCUT2D eigenvalue weighted by atomic mass is 9.70. The van der Waals surface area contributed by atoms with Crippen molar-refractivity contribution in [2.75, 3.05) is 14.1 Å². The Morgan fingerprint density at radius 1 is 1.44 bits per heavy atom. The fourth-order valence-corrected chi connectivity index (χ4v) is 3.33. The summed E-state index contributed by atoms with van der Waals surface area (Å²) in [5, 5.41) is 0. The number of hydrogen-bond donors (Lipinski definition) is 1. The summed E-state index contributed by atoms with van der Waals surface area (Å²) in [5.41, 5.74) is 6.76. The second-order valence-electron chi connectivity index (χ2n) is 5.95. The first-order chi connectivity index (χ1) is 7.53. The van der Waals surface area contributed by atoms with Crippen molar-refractivity contribution >= 4 is 0 Å². The molecule has 0 spiro atoms. The summed E-state index contributed by atoms with van der Waals surface area (Å²) in [6.45, 7) is 4.63. The summed E-state index contributed by atoms with van der Waals surface area (Å²) in [7, 11) is 4.42. The lowest BCUT2D eigenvalue weighted by Gasteiger charge is -2.49. The predicted molar refractivity (Wildman–Crippen MR) is 71.6 cm³/mol. The van der Waals surface area contributed by atoms with E-state index in [2.05, 4.69) is 32.8 Å². The molecular weight excluding hydrogens is 196 g/mol.